The molecule has 4 nitrogen and oxygen atoms in total. The summed E-state index contributed by atoms with van der Waals surface area (Å²) in [5.74, 6) is 0.918. The Morgan fingerprint density at radius 3 is 2.48 bits per heavy atom. The quantitative estimate of drug-likeness (QED) is 0.728. The fourth-order valence-corrected chi connectivity index (χ4v) is 3.59. The molecule has 0 saturated carbocycles. The predicted molar refractivity (Wildman–Crippen MR) is 115 cm³/mol. The van der Waals surface area contributed by atoms with Crippen molar-refractivity contribution in [3.8, 4) is 5.75 Å². The number of ether oxygens (including phenoxy) is 1. The molecule has 1 heterocycles. The number of carbonyl (C=O) groups excluding carboxylic acids is 1. The Bertz CT molecular complexity index is 717. The maximum atomic E-state index is 13.0. The Balaban J connectivity index is 0.00000261. The summed E-state index contributed by atoms with van der Waals surface area (Å²) in [6, 6.07) is 18.2. The predicted octanol–water partition coefficient (Wildman–Crippen LogP) is 3.65. The van der Waals surface area contributed by atoms with Gasteiger partial charge in [0.2, 0.25) is 5.91 Å². The number of amides is 1. The number of methoxy groups -OCH3 is 1. The van der Waals surface area contributed by atoms with Crippen LogP contribution in [0.3, 0.4) is 0 Å². The van der Waals surface area contributed by atoms with Crippen LogP contribution in [0.1, 0.15) is 30.0 Å². The minimum absolute atomic E-state index is 0. The first-order valence-electron chi connectivity index (χ1n) is 9.33. The van der Waals surface area contributed by atoms with Crippen LogP contribution in [0.25, 0.3) is 0 Å². The van der Waals surface area contributed by atoms with Crippen LogP contribution in [0, 0.1) is 0 Å². The fraction of sp³-hybridized carbons (Fsp3) is 0.409. The number of likely N-dealkylation sites (tertiary alicyclic amines) is 1. The van der Waals surface area contributed by atoms with Crippen molar-refractivity contribution in [3.05, 3.63) is 65.7 Å². The number of nitrogens with zero attached hydrogens (tertiary/aromatic N) is 2. The molecule has 1 saturated heterocycles. The Morgan fingerprint density at radius 1 is 1.11 bits per heavy atom. The second kappa shape index (κ2) is 10.4. The van der Waals surface area contributed by atoms with Crippen molar-refractivity contribution in [3.63, 3.8) is 0 Å². The van der Waals surface area contributed by atoms with Crippen molar-refractivity contribution in [2.75, 3.05) is 33.8 Å². The molecule has 1 fully saturated rings. The van der Waals surface area contributed by atoms with Gasteiger partial charge in [0, 0.05) is 13.6 Å². The van der Waals surface area contributed by atoms with Crippen molar-refractivity contribution < 1.29 is 9.53 Å². The highest BCUT2D eigenvalue weighted by molar-refractivity contribution is 7.59. The van der Waals surface area contributed by atoms with Crippen molar-refractivity contribution in [1.29, 1.82) is 0 Å². The summed E-state index contributed by atoms with van der Waals surface area (Å²) >= 11 is 0. The Hall–Kier alpha value is -1.98. The lowest BCUT2D eigenvalue weighted by Gasteiger charge is -2.32. The molecule has 0 spiro atoms. The molecule has 1 amide bonds. The van der Waals surface area contributed by atoms with Gasteiger partial charge in [-0.3, -0.25) is 4.79 Å². The molecular weight excluding hydrogens is 356 g/mol. The van der Waals surface area contributed by atoms with Crippen LogP contribution < -0.4 is 4.74 Å². The largest absolute Gasteiger partial charge is 0.497 e. The van der Waals surface area contributed by atoms with Gasteiger partial charge in [-0.15, -0.1) is 0 Å². The molecule has 2 aromatic rings. The van der Waals surface area contributed by atoms with Crippen molar-refractivity contribution >= 4 is 19.4 Å². The number of hydrogen-bond acceptors (Lipinski definition) is 3. The first-order valence-corrected chi connectivity index (χ1v) is 9.33. The van der Waals surface area contributed by atoms with E-state index in [0.29, 0.717) is 6.42 Å². The Morgan fingerprint density at radius 2 is 1.81 bits per heavy atom. The van der Waals surface area contributed by atoms with Crippen molar-refractivity contribution in [1.82, 2.24) is 9.80 Å². The summed E-state index contributed by atoms with van der Waals surface area (Å²) in [6.07, 6.45) is 2.89. The monoisotopic (exact) mass is 386 g/mol. The van der Waals surface area contributed by atoms with Gasteiger partial charge in [-0.25, -0.2) is 0 Å². The number of hydrogen-bond donors (Lipinski definition) is 0. The van der Waals surface area contributed by atoms with Crippen LogP contribution in [-0.2, 0) is 11.2 Å². The van der Waals surface area contributed by atoms with E-state index < -0.39 is 0 Å². The highest BCUT2D eigenvalue weighted by Gasteiger charge is 2.25. The lowest BCUT2D eigenvalue weighted by atomic mass is 10.0. The summed E-state index contributed by atoms with van der Waals surface area (Å²) in [6.45, 7) is 3.15. The van der Waals surface area contributed by atoms with Gasteiger partial charge in [-0.05, 0) is 49.2 Å². The van der Waals surface area contributed by atoms with E-state index in [-0.39, 0.29) is 25.4 Å². The fourth-order valence-electron chi connectivity index (χ4n) is 3.59. The number of carbonyl (C=O) groups is 1. The van der Waals surface area contributed by atoms with Crippen molar-refractivity contribution in [2.24, 2.45) is 0 Å². The summed E-state index contributed by atoms with van der Waals surface area (Å²) in [7, 11) is 3.57. The second-order valence-electron chi connectivity index (χ2n) is 6.97. The molecule has 0 bridgehead atoms. The minimum Gasteiger partial charge on any atom is -0.497 e. The first-order chi connectivity index (χ1) is 12.7. The van der Waals surface area contributed by atoms with Crippen LogP contribution in [0.4, 0.5) is 0 Å². The normalized spacial score (nSPS) is 15.0. The molecule has 146 valence electrons. The van der Waals surface area contributed by atoms with Crippen LogP contribution >= 0.6 is 13.5 Å². The van der Waals surface area contributed by atoms with Gasteiger partial charge < -0.3 is 14.5 Å². The summed E-state index contributed by atoms with van der Waals surface area (Å²) in [4.78, 5) is 17.3. The Kier molecular flexibility index (Phi) is 8.20. The van der Waals surface area contributed by atoms with Gasteiger partial charge >= 0.3 is 0 Å². The van der Waals surface area contributed by atoms with E-state index in [2.05, 4.69) is 17.0 Å². The zero-order valence-electron chi connectivity index (χ0n) is 16.2. The zero-order valence-corrected chi connectivity index (χ0v) is 17.2. The average Bonchev–Trinajstić information content (AvgIpc) is 3.19. The molecule has 0 unspecified atom stereocenters. The van der Waals surface area contributed by atoms with E-state index in [1.807, 2.05) is 54.4 Å². The third-order valence-electron chi connectivity index (χ3n) is 5.16. The van der Waals surface area contributed by atoms with Gasteiger partial charge in [-0.2, -0.15) is 13.5 Å². The molecule has 0 aromatic heterocycles. The molecule has 1 atom stereocenters. The molecule has 0 N–H and O–H groups in total. The van der Waals surface area contributed by atoms with Gasteiger partial charge in [0.1, 0.15) is 5.75 Å². The average molecular weight is 387 g/mol. The molecule has 5 heteroatoms. The van der Waals surface area contributed by atoms with Crippen LogP contribution in [0.2, 0.25) is 0 Å². The van der Waals surface area contributed by atoms with E-state index >= 15 is 0 Å². The van der Waals surface area contributed by atoms with E-state index in [9.17, 15) is 4.79 Å². The van der Waals surface area contributed by atoms with Crippen LogP contribution in [0.15, 0.2) is 54.6 Å². The third kappa shape index (κ3) is 5.75. The van der Waals surface area contributed by atoms with E-state index in [0.717, 1.165) is 30.9 Å². The standard InChI is InChI=1S/C22H28N2O2.H2S/c1-23(22(25)16-18-9-8-12-20(15-18)26-2)21(17-24-13-6-7-14-24)19-10-4-3-5-11-19;/h3-5,8-12,15,21H,6-7,13-14,16-17H2,1-2H3;1H2/t21-;/m1./s1. The number of rotatable bonds is 7. The van der Waals surface area contributed by atoms with E-state index in [4.69, 9.17) is 4.74 Å². The molecule has 27 heavy (non-hydrogen) atoms. The summed E-state index contributed by atoms with van der Waals surface area (Å²) < 4.78 is 5.27. The molecule has 0 radical (unpaired) electrons. The summed E-state index contributed by atoms with van der Waals surface area (Å²) in [5, 5.41) is 0. The molecule has 0 aliphatic carbocycles. The van der Waals surface area contributed by atoms with Gasteiger partial charge in [-0.1, -0.05) is 42.5 Å². The maximum absolute atomic E-state index is 13.0. The number of benzene rings is 2. The molecule has 2 aromatic carbocycles. The smallest absolute Gasteiger partial charge is 0.227 e. The highest BCUT2D eigenvalue weighted by atomic mass is 32.1. The topological polar surface area (TPSA) is 32.8 Å². The zero-order chi connectivity index (χ0) is 18.4. The molecule has 3 rings (SSSR count). The van der Waals surface area contributed by atoms with Crippen LogP contribution in [-0.4, -0.2) is 49.5 Å². The van der Waals surface area contributed by atoms with E-state index in [1.54, 1.807) is 7.11 Å². The summed E-state index contributed by atoms with van der Waals surface area (Å²) in [5.41, 5.74) is 2.18. The lowest BCUT2D eigenvalue weighted by Crippen LogP contribution is -2.39. The molecule has 1 aliphatic heterocycles. The lowest BCUT2D eigenvalue weighted by molar-refractivity contribution is -0.131. The first kappa shape index (κ1) is 21.3. The van der Waals surface area contributed by atoms with Gasteiger partial charge in [0.25, 0.3) is 0 Å². The molecule has 1 aliphatic rings. The van der Waals surface area contributed by atoms with Gasteiger partial charge in [0.15, 0.2) is 0 Å². The Labute approximate surface area is 169 Å². The highest BCUT2D eigenvalue weighted by Crippen LogP contribution is 2.24. The minimum atomic E-state index is 0. The maximum Gasteiger partial charge on any atom is 0.227 e. The van der Waals surface area contributed by atoms with Crippen LogP contribution in [0.5, 0.6) is 5.75 Å². The van der Waals surface area contributed by atoms with Crippen molar-refractivity contribution in [2.45, 2.75) is 25.3 Å². The third-order valence-corrected chi connectivity index (χ3v) is 5.16. The number of likely N-dealkylation sites (N-methyl/N-ethyl adjacent to an activating group) is 1. The SMILES string of the molecule is COc1cccc(CC(=O)N(C)[C@H](CN2CCCC2)c2ccccc2)c1.S. The molecular formula is C22H30N2O2S. The second-order valence-corrected chi connectivity index (χ2v) is 6.97. The van der Waals surface area contributed by atoms with E-state index in [1.165, 1.54) is 18.4 Å². The van der Waals surface area contributed by atoms with Gasteiger partial charge in [0.05, 0.1) is 19.6 Å².